The molecule has 0 aliphatic carbocycles. The third-order valence-electron chi connectivity index (χ3n) is 7.39. The topological polar surface area (TPSA) is 72.6 Å². The molecule has 0 spiro atoms. The Bertz CT molecular complexity index is 1820. The molecule has 0 fully saturated rings. The number of sulfonamides is 1. The highest BCUT2D eigenvalue weighted by Gasteiger charge is 2.31. The highest BCUT2D eigenvalue weighted by molar-refractivity contribution is 7.90. The van der Waals surface area contributed by atoms with Crippen molar-refractivity contribution in [3.8, 4) is 22.4 Å². The van der Waals surface area contributed by atoms with Gasteiger partial charge in [-0.1, -0.05) is 47.5 Å². The number of nitrogens with one attached hydrogen (secondary N) is 1. The van der Waals surface area contributed by atoms with Gasteiger partial charge in [-0.2, -0.15) is 0 Å². The van der Waals surface area contributed by atoms with Gasteiger partial charge in [0.2, 0.25) is 0 Å². The fourth-order valence-electron chi connectivity index (χ4n) is 5.44. The fraction of sp³-hybridized carbons (Fsp3) is 0.194. The van der Waals surface area contributed by atoms with Crippen molar-refractivity contribution in [2.75, 3.05) is 0 Å². The molecule has 198 valence electrons. The molecule has 2 aromatic heterocycles. The number of rotatable bonds is 5. The molecular formula is C31H28FN3O3S. The molecular weight excluding hydrogens is 513 g/mol. The van der Waals surface area contributed by atoms with Crippen molar-refractivity contribution in [3.63, 3.8) is 0 Å². The summed E-state index contributed by atoms with van der Waals surface area (Å²) in [7, 11) is -4.11. The lowest BCUT2D eigenvalue weighted by Crippen LogP contribution is -2.31. The van der Waals surface area contributed by atoms with Gasteiger partial charge in [0.1, 0.15) is 17.2 Å². The summed E-state index contributed by atoms with van der Waals surface area (Å²) in [4.78, 5) is 14.0. The van der Waals surface area contributed by atoms with Gasteiger partial charge in [0, 0.05) is 23.9 Å². The van der Waals surface area contributed by atoms with Crippen LogP contribution >= 0.6 is 0 Å². The number of aromatic nitrogens is 2. The summed E-state index contributed by atoms with van der Waals surface area (Å²) in [5.41, 5.74) is 7.40. The van der Waals surface area contributed by atoms with E-state index in [-0.39, 0.29) is 16.4 Å². The summed E-state index contributed by atoms with van der Waals surface area (Å²) >= 11 is 0. The van der Waals surface area contributed by atoms with Gasteiger partial charge in [-0.25, -0.2) is 17.5 Å². The predicted molar refractivity (Wildman–Crippen MR) is 150 cm³/mol. The molecule has 1 amide bonds. The Morgan fingerprint density at radius 1 is 0.846 bits per heavy atom. The van der Waals surface area contributed by atoms with Gasteiger partial charge in [-0.05, 0) is 80.6 Å². The molecule has 6 rings (SSSR count). The van der Waals surface area contributed by atoms with Crippen molar-refractivity contribution < 1.29 is 17.6 Å². The van der Waals surface area contributed by atoms with E-state index in [1.54, 1.807) is 24.3 Å². The molecule has 0 atom stereocenters. The van der Waals surface area contributed by atoms with Crippen LogP contribution in [0.4, 0.5) is 4.39 Å². The second-order valence-corrected chi connectivity index (χ2v) is 11.8. The van der Waals surface area contributed by atoms with Crippen molar-refractivity contribution >= 4 is 21.6 Å². The lowest BCUT2D eigenvalue weighted by molar-refractivity contribution is 0.0976. The fourth-order valence-corrected chi connectivity index (χ4v) is 6.39. The van der Waals surface area contributed by atoms with Crippen LogP contribution in [-0.2, 0) is 23.0 Å². The zero-order valence-corrected chi connectivity index (χ0v) is 22.6. The van der Waals surface area contributed by atoms with E-state index in [0.717, 1.165) is 70.5 Å². The van der Waals surface area contributed by atoms with Gasteiger partial charge in [0.05, 0.1) is 10.6 Å². The van der Waals surface area contributed by atoms with Crippen molar-refractivity contribution in [1.82, 2.24) is 13.7 Å². The minimum atomic E-state index is -4.11. The molecule has 6 nitrogen and oxygen atoms in total. The molecule has 0 unspecified atom stereocenters. The third kappa shape index (κ3) is 4.44. The molecule has 0 saturated carbocycles. The molecule has 3 aromatic carbocycles. The molecule has 5 aromatic rings. The maximum absolute atomic E-state index is 13.9. The van der Waals surface area contributed by atoms with Gasteiger partial charge in [-0.15, -0.1) is 0 Å². The minimum absolute atomic E-state index is 0.0250. The number of imidazole rings is 1. The summed E-state index contributed by atoms with van der Waals surface area (Å²) in [6, 6.07) is 20.6. The quantitative estimate of drug-likeness (QED) is 0.284. The Morgan fingerprint density at radius 2 is 1.46 bits per heavy atom. The number of carbonyl (C=O) groups excluding carboxylic acids is 1. The third-order valence-corrected chi connectivity index (χ3v) is 8.73. The first kappa shape index (κ1) is 25.1. The van der Waals surface area contributed by atoms with Gasteiger partial charge < -0.3 is 4.57 Å². The van der Waals surface area contributed by atoms with Gasteiger partial charge in [-0.3, -0.25) is 9.20 Å². The molecule has 0 bridgehead atoms. The summed E-state index contributed by atoms with van der Waals surface area (Å²) in [6.45, 7) is 4.60. The van der Waals surface area contributed by atoms with Crippen LogP contribution in [0.25, 0.3) is 28.0 Å². The monoisotopic (exact) mass is 541 g/mol. The average molecular weight is 542 g/mol. The van der Waals surface area contributed by atoms with Crippen LogP contribution in [0.15, 0.2) is 83.9 Å². The summed E-state index contributed by atoms with van der Waals surface area (Å²) in [5.74, 6) is -1.02. The second-order valence-electron chi connectivity index (χ2n) is 10.1. The van der Waals surface area contributed by atoms with E-state index in [4.69, 9.17) is 0 Å². The van der Waals surface area contributed by atoms with Crippen LogP contribution in [0.1, 0.15) is 40.0 Å². The number of carbonyl (C=O) groups is 1. The Hall–Kier alpha value is -4.17. The molecule has 8 heteroatoms. The van der Waals surface area contributed by atoms with E-state index in [1.807, 2.05) is 48.7 Å². The van der Waals surface area contributed by atoms with Crippen LogP contribution < -0.4 is 4.72 Å². The number of halogens is 1. The van der Waals surface area contributed by atoms with E-state index < -0.39 is 15.9 Å². The molecule has 39 heavy (non-hydrogen) atoms. The lowest BCUT2D eigenvalue weighted by Gasteiger charge is -2.11. The van der Waals surface area contributed by atoms with E-state index in [1.165, 1.54) is 24.3 Å². The first-order valence-corrected chi connectivity index (χ1v) is 14.4. The number of benzene rings is 3. The number of nitrogens with zero attached hydrogens (tertiary/aromatic N) is 2. The second kappa shape index (κ2) is 9.54. The zero-order chi connectivity index (χ0) is 27.3. The number of aryl methyl sites for hydroxylation is 4. The maximum atomic E-state index is 13.9. The van der Waals surface area contributed by atoms with E-state index in [9.17, 15) is 17.6 Å². The number of hydrogen-bond donors (Lipinski definition) is 1. The van der Waals surface area contributed by atoms with Crippen molar-refractivity contribution in [2.45, 2.75) is 44.6 Å². The first-order valence-electron chi connectivity index (χ1n) is 13.0. The molecule has 0 saturated heterocycles. The Balaban J connectivity index is 1.58. The smallest absolute Gasteiger partial charge is 0.282 e. The van der Waals surface area contributed by atoms with E-state index in [2.05, 4.69) is 9.29 Å². The number of amides is 1. The SMILES string of the molecule is Cc1ccc(-c2c3c4n(c(-c5ccc(F)cc5)cn4c2C(=O)NS(=O)(=O)c2ccc(C)cc2)CCCC3)cc1. The standard InChI is InChI=1S/C31H28FN3O3S/c1-20-6-10-23(11-7-20)28-26-5-3-4-18-34-27(22-12-14-24(32)15-13-22)19-35(31(26)34)29(28)30(36)33-39(37,38)25-16-8-21(2)9-17-25/h6-17,19H,3-5,18H2,1-2H3,(H,33,36). The van der Waals surface area contributed by atoms with Crippen LogP contribution in [-0.4, -0.2) is 23.3 Å². The molecule has 3 heterocycles. The summed E-state index contributed by atoms with van der Waals surface area (Å²) in [6.07, 6.45) is 4.48. The summed E-state index contributed by atoms with van der Waals surface area (Å²) < 4.78 is 46.5. The van der Waals surface area contributed by atoms with E-state index >= 15 is 0 Å². The van der Waals surface area contributed by atoms with Gasteiger partial charge in [0.15, 0.2) is 0 Å². The Morgan fingerprint density at radius 3 is 2.13 bits per heavy atom. The van der Waals surface area contributed by atoms with Crippen LogP contribution in [0, 0.1) is 19.7 Å². The van der Waals surface area contributed by atoms with Crippen molar-refractivity contribution in [2.24, 2.45) is 0 Å². The maximum Gasteiger partial charge on any atom is 0.282 e. The van der Waals surface area contributed by atoms with Crippen LogP contribution in [0.2, 0.25) is 0 Å². The Labute approximate surface area is 226 Å². The highest BCUT2D eigenvalue weighted by Crippen LogP contribution is 2.39. The predicted octanol–water partition coefficient (Wildman–Crippen LogP) is 6.29. The minimum Gasteiger partial charge on any atom is -0.325 e. The van der Waals surface area contributed by atoms with Gasteiger partial charge in [0.25, 0.3) is 15.9 Å². The molecule has 0 radical (unpaired) electrons. The zero-order valence-electron chi connectivity index (χ0n) is 21.7. The van der Waals surface area contributed by atoms with E-state index in [0.29, 0.717) is 0 Å². The van der Waals surface area contributed by atoms with Crippen LogP contribution in [0.5, 0.6) is 0 Å². The highest BCUT2D eigenvalue weighted by atomic mass is 32.2. The number of hydrogen-bond acceptors (Lipinski definition) is 3. The largest absolute Gasteiger partial charge is 0.325 e. The van der Waals surface area contributed by atoms with Crippen molar-refractivity contribution in [3.05, 3.63) is 107 Å². The molecule has 1 aliphatic heterocycles. The normalized spacial score (nSPS) is 13.4. The summed E-state index contributed by atoms with van der Waals surface area (Å²) in [5, 5.41) is 0. The average Bonchev–Trinajstić information content (AvgIpc) is 3.32. The molecule has 1 N–H and O–H groups in total. The van der Waals surface area contributed by atoms with Gasteiger partial charge >= 0.3 is 0 Å². The lowest BCUT2D eigenvalue weighted by atomic mass is 9.97. The van der Waals surface area contributed by atoms with Crippen molar-refractivity contribution in [1.29, 1.82) is 0 Å². The first-order chi connectivity index (χ1) is 18.7. The Kier molecular flexibility index (Phi) is 6.14. The molecule has 1 aliphatic rings. The van der Waals surface area contributed by atoms with Crippen LogP contribution in [0.3, 0.4) is 0 Å².